The van der Waals surface area contributed by atoms with Gasteiger partial charge < -0.3 is 20.1 Å². The Morgan fingerprint density at radius 1 is 1.04 bits per heavy atom. The van der Waals surface area contributed by atoms with E-state index in [1.54, 1.807) is 0 Å². The highest BCUT2D eigenvalue weighted by Gasteiger charge is 2.25. The molecule has 8 heteroatoms. The molecule has 0 aliphatic carbocycles. The van der Waals surface area contributed by atoms with E-state index in [1.165, 1.54) is 4.68 Å². The van der Waals surface area contributed by atoms with Gasteiger partial charge in [0.15, 0.2) is 0 Å². The molecule has 3 N–H and O–H groups in total. The number of nitrogens with two attached hydrogens (primary N) is 1. The Morgan fingerprint density at radius 2 is 1.74 bits per heavy atom. The van der Waals surface area contributed by atoms with Crippen LogP contribution in [0, 0.1) is 0 Å². The van der Waals surface area contributed by atoms with Gasteiger partial charge in [-0.25, -0.2) is 4.68 Å². The molecule has 0 spiro atoms. The van der Waals surface area contributed by atoms with E-state index in [4.69, 9.17) is 20.1 Å². The van der Waals surface area contributed by atoms with Crippen LogP contribution in [0.5, 0.6) is 5.88 Å². The van der Waals surface area contributed by atoms with Crippen LogP contribution in [0.1, 0.15) is 0 Å². The number of ether oxygens (including phenoxy) is 1. The summed E-state index contributed by atoms with van der Waals surface area (Å²) >= 11 is 0. The average Bonchev–Trinajstić information content (AvgIpc) is 3.32. The molecule has 2 heterocycles. The average molecular weight is 363 g/mol. The Labute approximate surface area is 154 Å². The third-order valence-electron chi connectivity index (χ3n) is 3.89. The summed E-state index contributed by atoms with van der Waals surface area (Å²) in [6, 6.07) is 18.9. The van der Waals surface area contributed by atoms with Crippen molar-refractivity contribution < 1.29 is 14.4 Å². The van der Waals surface area contributed by atoms with Gasteiger partial charge in [0.05, 0.1) is 12.3 Å². The number of hydrogen-bond acceptors (Lipinski definition) is 7. The molecule has 0 saturated heterocycles. The van der Waals surface area contributed by atoms with Crippen molar-refractivity contribution >= 4 is 5.82 Å². The summed E-state index contributed by atoms with van der Waals surface area (Å²) in [4.78, 5) is 4.43. The van der Waals surface area contributed by atoms with Gasteiger partial charge in [-0.1, -0.05) is 53.7 Å². The molecule has 4 aromatic rings. The minimum absolute atomic E-state index is 0.0674. The molecule has 2 aromatic heterocycles. The molecular formula is C19H17N5O3. The van der Waals surface area contributed by atoms with Crippen molar-refractivity contribution in [3.05, 3.63) is 60.7 Å². The molecule has 0 fully saturated rings. The second kappa shape index (κ2) is 7.30. The first-order chi connectivity index (χ1) is 13.3. The molecule has 0 aliphatic heterocycles. The lowest BCUT2D eigenvalue weighted by Crippen LogP contribution is -2.04. The van der Waals surface area contributed by atoms with Crippen LogP contribution >= 0.6 is 0 Å². The van der Waals surface area contributed by atoms with E-state index < -0.39 is 0 Å². The topological polar surface area (TPSA) is 112 Å². The normalized spacial score (nSPS) is 10.9. The van der Waals surface area contributed by atoms with Gasteiger partial charge in [-0.2, -0.15) is 4.98 Å². The number of nitrogen functional groups attached to an aromatic ring is 1. The highest BCUT2D eigenvalue weighted by atomic mass is 16.5. The number of aromatic nitrogens is 4. The molecule has 0 radical (unpaired) electrons. The quantitative estimate of drug-likeness (QED) is 0.541. The van der Waals surface area contributed by atoms with Crippen molar-refractivity contribution in [3.63, 3.8) is 0 Å². The number of anilines is 1. The second-order valence-electron chi connectivity index (χ2n) is 5.67. The number of benzene rings is 2. The van der Waals surface area contributed by atoms with Gasteiger partial charge in [-0.3, -0.25) is 0 Å². The summed E-state index contributed by atoms with van der Waals surface area (Å²) in [5.41, 5.74) is 8.29. The molecule has 0 atom stereocenters. The number of aliphatic hydroxyl groups is 1. The molecule has 2 aromatic carbocycles. The van der Waals surface area contributed by atoms with Crippen LogP contribution in [0.3, 0.4) is 0 Å². The first-order valence-corrected chi connectivity index (χ1v) is 8.35. The number of aliphatic hydroxyl groups excluding tert-OH is 1. The summed E-state index contributed by atoms with van der Waals surface area (Å²) in [5.74, 6) is 1.15. The highest BCUT2D eigenvalue weighted by Crippen LogP contribution is 2.36. The first-order valence-electron chi connectivity index (χ1n) is 8.35. The lowest BCUT2D eigenvalue weighted by atomic mass is 10.2. The molecule has 4 rings (SSSR count). The fourth-order valence-corrected chi connectivity index (χ4v) is 2.65. The van der Waals surface area contributed by atoms with Crippen LogP contribution in [0.2, 0.25) is 0 Å². The lowest BCUT2D eigenvalue weighted by molar-refractivity contribution is 0.196. The van der Waals surface area contributed by atoms with Crippen molar-refractivity contribution in [3.8, 4) is 34.4 Å². The number of rotatable bonds is 6. The maximum absolute atomic E-state index is 9.09. The summed E-state index contributed by atoms with van der Waals surface area (Å²) in [7, 11) is 0. The summed E-state index contributed by atoms with van der Waals surface area (Å²) < 4.78 is 12.5. The lowest BCUT2D eigenvalue weighted by Gasteiger charge is -2.02. The Morgan fingerprint density at radius 3 is 2.44 bits per heavy atom. The minimum atomic E-state index is -0.156. The van der Waals surface area contributed by atoms with Crippen molar-refractivity contribution in [2.45, 2.75) is 0 Å². The maximum atomic E-state index is 9.09. The molecule has 8 nitrogen and oxygen atoms in total. The van der Waals surface area contributed by atoms with Crippen LogP contribution in [-0.4, -0.2) is 38.2 Å². The Balaban J connectivity index is 1.79. The summed E-state index contributed by atoms with van der Waals surface area (Å²) in [5, 5.41) is 17.5. The van der Waals surface area contributed by atoms with E-state index in [2.05, 4.69) is 15.2 Å². The van der Waals surface area contributed by atoms with Crippen LogP contribution in [-0.2, 0) is 0 Å². The molecule has 0 saturated carbocycles. The van der Waals surface area contributed by atoms with Gasteiger partial charge in [-0.15, -0.1) is 5.10 Å². The van der Waals surface area contributed by atoms with Crippen LogP contribution < -0.4 is 10.5 Å². The van der Waals surface area contributed by atoms with E-state index in [-0.39, 0.29) is 25.0 Å². The predicted octanol–water partition coefficient (Wildman–Crippen LogP) is 2.54. The monoisotopic (exact) mass is 363 g/mol. The van der Waals surface area contributed by atoms with Crippen molar-refractivity contribution in [1.29, 1.82) is 0 Å². The number of para-hydroxylation sites is 1. The van der Waals surface area contributed by atoms with Gasteiger partial charge in [-0.05, 0) is 12.1 Å². The molecule has 0 bridgehead atoms. The van der Waals surface area contributed by atoms with Crippen molar-refractivity contribution in [1.82, 2.24) is 19.9 Å². The third kappa shape index (κ3) is 3.25. The largest absolute Gasteiger partial charge is 0.474 e. The van der Waals surface area contributed by atoms with E-state index in [0.29, 0.717) is 17.2 Å². The third-order valence-corrected chi connectivity index (χ3v) is 3.89. The highest BCUT2D eigenvalue weighted by molar-refractivity contribution is 5.75. The van der Waals surface area contributed by atoms with E-state index in [0.717, 1.165) is 11.3 Å². The molecule has 0 unspecified atom stereocenters. The smallest absolute Gasteiger partial charge is 0.267 e. The Kier molecular flexibility index (Phi) is 4.54. The van der Waals surface area contributed by atoms with E-state index in [1.807, 2.05) is 60.7 Å². The molecular weight excluding hydrogens is 346 g/mol. The SMILES string of the molecule is Nc1c(-c2nc(-c3ccccc3)no2)c(OCCO)nn1-c1ccccc1. The predicted molar refractivity (Wildman–Crippen MR) is 99.3 cm³/mol. The van der Waals surface area contributed by atoms with Crippen molar-refractivity contribution in [2.24, 2.45) is 0 Å². The minimum Gasteiger partial charge on any atom is -0.474 e. The molecule has 136 valence electrons. The van der Waals surface area contributed by atoms with Gasteiger partial charge in [0.2, 0.25) is 11.7 Å². The Bertz CT molecular complexity index is 1030. The van der Waals surface area contributed by atoms with E-state index in [9.17, 15) is 0 Å². The second-order valence-corrected chi connectivity index (χ2v) is 5.67. The van der Waals surface area contributed by atoms with Gasteiger partial charge in [0.25, 0.3) is 5.89 Å². The van der Waals surface area contributed by atoms with Crippen LogP contribution in [0.25, 0.3) is 28.5 Å². The first kappa shape index (κ1) is 16.8. The molecule has 27 heavy (non-hydrogen) atoms. The van der Waals surface area contributed by atoms with Crippen LogP contribution in [0.15, 0.2) is 65.2 Å². The van der Waals surface area contributed by atoms with Gasteiger partial charge in [0.1, 0.15) is 18.0 Å². The number of hydrogen-bond donors (Lipinski definition) is 2. The molecule has 0 amide bonds. The zero-order chi connectivity index (χ0) is 18.6. The fraction of sp³-hybridized carbons (Fsp3) is 0.105. The van der Waals surface area contributed by atoms with Gasteiger partial charge in [0, 0.05) is 5.56 Å². The zero-order valence-electron chi connectivity index (χ0n) is 14.3. The summed E-state index contributed by atoms with van der Waals surface area (Å²) in [6.45, 7) is -0.0887. The number of nitrogens with zero attached hydrogens (tertiary/aromatic N) is 4. The zero-order valence-corrected chi connectivity index (χ0v) is 14.3. The van der Waals surface area contributed by atoms with Crippen molar-refractivity contribution in [2.75, 3.05) is 18.9 Å². The standard InChI is InChI=1S/C19H17N5O3/c20-16-15(18-21-17(23-27-18)13-7-3-1-4-8-13)19(26-12-11-25)22-24(16)14-9-5-2-6-10-14/h1-10,25H,11-12,20H2. The van der Waals surface area contributed by atoms with Gasteiger partial charge >= 0.3 is 0 Å². The molecule has 0 aliphatic rings. The van der Waals surface area contributed by atoms with Crippen LogP contribution in [0.4, 0.5) is 5.82 Å². The summed E-state index contributed by atoms with van der Waals surface area (Å²) in [6.07, 6.45) is 0. The Hall–Kier alpha value is -3.65. The van der Waals surface area contributed by atoms with E-state index >= 15 is 0 Å². The maximum Gasteiger partial charge on any atom is 0.267 e. The fourth-order valence-electron chi connectivity index (χ4n) is 2.65.